The van der Waals surface area contributed by atoms with Crippen molar-refractivity contribution in [1.29, 1.82) is 0 Å². The Kier molecular flexibility index (Phi) is 4.33. The summed E-state index contributed by atoms with van der Waals surface area (Å²) in [5.74, 6) is 0.374. The number of rotatable bonds is 2. The van der Waals surface area contributed by atoms with Crippen LogP contribution in [0.4, 0.5) is 5.69 Å². The Hall–Kier alpha value is -1.98. The monoisotopic (exact) mass is 329 g/mol. The molecule has 4 nitrogen and oxygen atoms in total. The summed E-state index contributed by atoms with van der Waals surface area (Å²) in [6.07, 6.45) is -1.11. The number of aryl methyl sites for hydroxylation is 2. The van der Waals surface area contributed by atoms with E-state index in [-0.39, 0.29) is 11.2 Å². The molecule has 23 heavy (non-hydrogen) atoms. The van der Waals surface area contributed by atoms with Crippen LogP contribution in [-0.4, -0.2) is 24.2 Å². The Labute approximate surface area is 139 Å². The number of aliphatic hydroxyl groups is 1. The number of carbonyl (C=O) groups excluding carboxylic acids is 1. The average molecular weight is 329 g/mol. The van der Waals surface area contributed by atoms with Crippen molar-refractivity contribution in [2.24, 2.45) is 0 Å². The van der Waals surface area contributed by atoms with Crippen LogP contribution in [-0.2, 0) is 4.79 Å². The lowest BCUT2D eigenvalue weighted by Crippen LogP contribution is -2.30. The Morgan fingerprint density at radius 3 is 2.43 bits per heavy atom. The molecule has 2 aromatic carbocycles. The zero-order chi connectivity index (χ0) is 16.6. The number of amides is 1. The normalized spacial score (nSPS) is 20.4. The molecule has 1 heterocycles. The van der Waals surface area contributed by atoms with Crippen molar-refractivity contribution in [3.8, 4) is 5.75 Å². The number of aliphatic hydroxyl groups excluding tert-OH is 1. The highest BCUT2D eigenvalue weighted by molar-refractivity contribution is 7.99. The number of nitrogens with one attached hydrogen (secondary N) is 1. The maximum absolute atomic E-state index is 12.3. The standard InChI is InChI=1S/C18H19NO3S/c1-10-8-14-15(9-11(10)2)23-17(16(20)18(21)19-14)12-4-6-13(22-3)7-5-12/h4-9,16-17,20H,1-3H3,(H,19,21). The van der Waals surface area contributed by atoms with Crippen LogP contribution < -0.4 is 10.1 Å². The van der Waals surface area contributed by atoms with Crippen molar-refractivity contribution in [1.82, 2.24) is 0 Å². The molecule has 0 aromatic heterocycles. The second kappa shape index (κ2) is 6.26. The summed E-state index contributed by atoms with van der Waals surface area (Å²) in [4.78, 5) is 13.3. The molecule has 0 saturated heterocycles. The summed E-state index contributed by atoms with van der Waals surface area (Å²) in [5.41, 5.74) is 3.93. The molecular formula is C18H19NO3S. The fourth-order valence-corrected chi connectivity index (χ4v) is 3.88. The first-order chi connectivity index (χ1) is 11.0. The minimum absolute atomic E-state index is 0.357. The van der Waals surface area contributed by atoms with Crippen molar-refractivity contribution in [2.45, 2.75) is 30.1 Å². The third kappa shape index (κ3) is 3.07. The SMILES string of the molecule is COc1ccc(C2Sc3cc(C)c(C)cc3NC(=O)C2O)cc1. The van der Waals surface area contributed by atoms with E-state index in [0.717, 1.165) is 33.0 Å². The van der Waals surface area contributed by atoms with Gasteiger partial charge in [0, 0.05) is 4.90 Å². The van der Waals surface area contributed by atoms with Gasteiger partial charge in [-0.1, -0.05) is 12.1 Å². The Bertz CT molecular complexity index is 743. The van der Waals surface area contributed by atoms with E-state index in [1.165, 1.54) is 11.8 Å². The molecule has 5 heteroatoms. The van der Waals surface area contributed by atoms with Gasteiger partial charge in [0.05, 0.1) is 18.0 Å². The quantitative estimate of drug-likeness (QED) is 0.886. The summed E-state index contributed by atoms with van der Waals surface area (Å²) >= 11 is 1.50. The second-order valence-corrected chi connectivity index (χ2v) is 6.86. The van der Waals surface area contributed by atoms with Gasteiger partial charge in [0.15, 0.2) is 0 Å². The minimum Gasteiger partial charge on any atom is -0.497 e. The molecule has 2 atom stereocenters. The Morgan fingerprint density at radius 1 is 1.13 bits per heavy atom. The summed E-state index contributed by atoms with van der Waals surface area (Å²) in [6, 6.07) is 11.5. The van der Waals surface area contributed by atoms with Crippen LogP contribution in [0.25, 0.3) is 0 Å². The maximum Gasteiger partial charge on any atom is 0.254 e. The highest BCUT2D eigenvalue weighted by Gasteiger charge is 2.33. The fraction of sp³-hybridized carbons (Fsp3) is 0.278. The first kappa shape index (κ1) is 15.9. The number of anilines is 1. The lowest BCUT2D eigenvalue weighted by atomic mass is 10.1. The zero-order valence-electron chi connectivity index (χ0n) is 13.3. The van der Waals surface area contributed by atoms with E-state index in [9.17, 15) is 9.90 Å². The summed E-state index contributed by atoms with van der Waals surface area (Å²) in [7, 11) is 1.61. The molecule has 1 amide bonds. The van der Waals surface area contributed by atoms with Gasteiger partial charge in [-0.2, -0.15) is 0 Å². The molecule has 120 valence electrons. The van der Waals surface area contributed by atoms with E-state index in [0.29, 0.717) is 0 Å². The molecule has 2 aromatic rings. The number of hydrogen-bond donors (Lipinski definition) is 2. The van der Waals surface area contributed by atoms with E-state index < -0.39 is 6.10 Å². The van der Waals surface area contributed by atoms with Gasteiger partial charge in [-0.25, -0.2) is 0 Å². The number of benzene rings is 2. The van der Waals surface area contributed by atoms with Crippen LogP contribution in [0.15, 0.2) is 41.3 Å². The maximum atomic E-state index is 12.3. The van der Waals surface area contributed by atoms with Gasteiger partial charge in [0.1, 0.15) is 11.9 Å². The topological polar surface area (TPSA) is 58.6 Å². The summed E-state index contributed by atoms with van der Waals surface area (Å²) in [5, 5.41) is 12.9. The highest BCUT2D eigenvalue weighted by Crippen LogP contribution is 2.44. The predicted molar refractivity (Wildman–Crippen MR) is 92.1 cm³/mol. The van der Waals surface area contributed by atoms with Crippen molar-refractivity contribution in [3.63, 3.8) is 0 Å². The largest absolute Gasteiger partial charge is 0.497 e. The van der Waals surface area contributed by atoms with Gasteiger partial charge < -0.3 is 15.2 Å². The highest BCUT2D eigenvalue weighted by atomic mass is 32.2. The number of ether oxygens (including phenoxy) is 1. The van der Waals surface area contributed by atoms with Gasteiger partial charge in [0.2, 0.25) is 0 Å². The first-order valence-corrected chi connectivity index (χ1v) is 8.28. The molecule has 0 aliphatic carbocycles. The van der Waals surface area contributed by atoms with Gasteiger partial charge >= 0.3 is 0 Å². The van der Waals surface area contributed by atoms with E-state index in [4.69, 9.17) is 4.74 Å². The zero-order valence-corrected chi connectivity index (χ0v) is 14.1. The van der Waals surface area contributed by atoms with Crippen molar-refractivity contribution in [3.05, 3.63) is 53.1 Å². The Morgan fingerprint density at radius 2 is 1.78 bits per heavy atom. The number of hydrogen-bond acceptors (Lipinski definition) is 4. The third-order valence-electron chi connectivity index (χ3n) is 4.11. The lowest BCUT2D eigenvalue weighted by Gasteiger charge is -2.19. The predicted octanol–water partition coefficient (Wildman–Crippen LogP) is 3.46. The van der Waals surface area contributed by atoms with Crippen LogP contribution in [0.3, 0.4) is 0 Å². The van der Waals surface area contributed by atoms with Crippen LogP contribution in [0, 0.1) is 13.8 Å². The first-order valence-electron chi connectivity index (χ1n) is 7.40. The molecule has 0 radical (unpaired) electrons. The lowest BCUT2D eigenvalue weighted by molar-refractivity contribution is -0.124. The molecule has 0 saturated carbocycles. The van der Waals surface area contributed by atoms with Crippen LogP contribution in [0.5, 0.6) is 5.75 Å². The van der Waals surface area contributed by atoms with Crippen LogP contribution in [0.2, 0.25) is 0 Å². The molecule has 0 bridgehead atoms. The summed E-state index contributed by atoms with van der Waals surface area (Å²) < 4.78 is 5.17. The average Bonchev–Trinajstić information content (AvgIpc) is 2.66. The number of thioether (sulfide) groups is 1. The molecule has 1 aliphatic rings. The summed E-state index contributed by atoms with van der Waals surface area (Å²) in [6.45, 7) is 4.05. The van der Waals surface area contributed by atoms with E-state index in [1.54, 1.807) is 7.11 Å². The number of carbonyl (C=O) groups is 1. The third-order valence-corrected chi connectivity index (χ3v) is 5.48. The minimum atomic E-state index is -1.11. The molecule has 2 unspecified atom stereocenters. The molecule has 0 fully saturated rings. The number of fused-ring (bicyclic) bond motifs is 1. The van der Waals surface area contributed by atoms with Crippen LogP contribution >= 0.6 is 11.8 Å². The van der Waals surface area contributed by atoms with Crippen molar-refractivity contribution in [2.75, 3.05) is 12.4 Å². The molecular weight excluding hydrogens is 310 g/mol. The van der Waals surface area contributed by atoms with E-state index in [1.807, 2.05) is 44.2 Å². The second-order valence-electron chi connectivity index (χ2n) is 5.68. The van der Waals surface area contributed by atoms with Gasteiger partial charge in [-0.05, 0) is 54.8 Å². The van der Waals surface area contributed by atoms with Crippen molar-refractivity contribution < 1.29 is 14.6 Å². The van der Waals surface area contributed by atoms with Crippen LogP contribution in [0.1, 0.15) is 21.9 Å². The molecule has 0 spiro atoms. The van der Waals surface area contributed by atoms with Gasteiger partial charge in [-0.15, -0.1) is 11.8 Å². The van der Waals surface area contributed by atoms with Gasteiger partial charge in [-0.3, -0.25) is 4.79 Å². The number of methoxy groups -OCH3 is 1. The Balaban J connectivity index is 2.01. The van der Waals surface area contributed by atoms with E-state index >= 15 is 0 Å². The van der Waals surface area contributed by atoms with E-state index in [2.05, 4.69) is 11.4 Å². The molecule has 3 rings (SSSR count). The smallest absolute Gasteiger partial charge is 0.254 e. The van der Waals surface area contributed by atoms with Crippen molar-refractivity contribution >= 4 is 23.4 Å². The van der Waals surface area contributed by atoms with Gasteiger partial charge in [0.25, 0.3) is 5.91 Å². The molecule has 1 aliphatic heterocycles. The fourth-order valence-electron chi connectivity index (χ4n) is 2.57. The molecule has 2 N–H and O–H groups in total.